The third-order valence-electron chi connectivity index (χ3n) is 13.1. The highest BCUT2D eigenvalue weighted by atomic mass is 16.5. The fourth-order valence-electron chi connectivity index (χ4n) is 11.4. The summed E-state index contributed by atoms with van der Waals surface area (Å²) in [5, 5.41) is 10.8. The minimum absolute atomic E-state index is 0. The van der Waals surface area contributed by atoms with Crippen LogP contribution < -0.4 is 0 Å². The zero-order valence-corrected chi connectivity index (χ0v) is 22.6. The van der Waals surface area contributed by atoms with Crippen LogP contribution in [0, 0.1) is 45.3 Å². The highest BCUT2D eigenvalue weighted by Gasteiger charge is 2.80. The number of rotatable bonds is 3. The van der Waals surface area contributed by atoms with E-state index in [9.17, 15) is 9.90 Å². The second kappa shape index (κ2) is 7.46. The standard InChI is InChI=1S/C30H49NO3.H2/c1-18(2)31(19(3)32)16-20-7-8-22-24(34-20)15-23-21-9-10-25-27(4,5)26(33)11-12-30(25)17-29(21,30)14-13-28(22,23)6;/h18,20-26,33H,7-17H2,1-6H3;1H/t20?,21?,22?,23?,24?,25?,26-,28?,29-,30?;/m0./s1. The van der Waals surface area contributed by atoms with E-state index in [0.717, 1.165) is 31.2 Å². The van der Waals surface area contributed by atoms with Crippen molar-refractivity contribution in [1.82, 2.24) is 4.90 Å². The van der Waals surface area contributed by atoms with Gasteiger partial charge in [0.1, 0.15) is 0 Å². The highest BCUT2D eigenvalue weighted by molar-refractivity contribution is 5.73. The molecule has 0 bridgehead atoms. The summed E-state index contributed by atoms with van der Waals surface area (Å²) < 4.78 is 6.85. The van der Waals surface area contributed by atoms with Crippen LogP contribution >= 0.6 is 0 Å². The Kier molecular flexibility index (Phi) is 5.22. The third kappa shape index (κ3) is 2.93. The third-order valence-corrected chi connectivity index (χ3v) is 13.1. The molecule has 1 saturated heterocycles. The van der Waals surface area contributed by atoms with E-state index < -0.39 is 0 Å². The van der Waals surface area contributed by atoms with Crippen LogP contribution in [0.25, 0.3) is 0 Å². The zero-order chi connectivity index (χ0) is 24.3. The lowest BCUT2D eigenvalue weighted by atomic mass is 9.46. The molecular weight excluding hydrogens is 422 g/mol. The summed E-state index contributed by atoms with van der Waals surface area (Å²) in [4.78, 5) is 14.2. The molecule has 6 fully saturated rings. The first-order valence-corrected chi connectivity index (χ1v) is 14.6. The van der Waals surface area contributed by atoms with Crippen molar-refractivity contribution in [1.29, 1.82) is 0 Å². The number of nitrogens with zero attached hydrogens (tertiary/aromatic N) is 1. The number of hydrogen-bond donors (Lipinski definition) is 1. The van der Waals surface area contributed by atoms with Crippen LogP contribution in [-0.2, 0) is 9.53 Å². The second-order valence-corrected chi connectivity index (χ2v) is 14.7. The number of aliphatic hydroxyl groups is 1. The molecule has 8 unspecified atom stereocenters. The second-order valence-electron chi connectivity index (χ2n) is 14.7. The van der Waals surface area contributed by atoms with E-state index in [1.54, 1.807) is 6.92 Å². The van der Waals surface area contributed by atoms with Gasteiger partial charge in [0.2, 0.25) is 5.91 Å². The molecule has 0 aromatic carbocycles. The Hall–Kier alpha value is -0.610. The fraction of sp³-hybridized carbons (Fsp3) is 0.967. The normalized spacial score (nSPS) is 52.6. The van der Waals surface area contributed by atoms with Gasteiger partial charge >= 0.3 is 0 Å². The Labute approximate surface area is 209 Å². The first-order valence-electron chi connectivity index (χ1n) is 14.6. The Morgan fingerprint density at radius 3 is 2.44 bits per heavy atom. The Morgan fingerprint density at radius 2 is 1.74 bits per heavy atom. The number of amides is 1. The SMILES string of the molecule is CC(=O)N(CC1CCC2C(CC3C4CCC5C(C)(C)[C@@H](O)CCC56C[C@@]46CCC23C)O1)C(C)C.[HH]. The quantitative estimate of drug-likeness (QED) is 0.542. The molecule has 4 heteroatoms. The predicted octanol–water partition coefficient (Wildman–Crippen LogP) is 6.06. The number of ether oxygens (including phenoxy) is 1. The molecular formula is C30H51NO3. The average Bonchev–Trinajstić information content (AvgIpc) is 3.35. The lowest BCUT2D eigenvalue weighted by Crippen LogP contribution is -2.54. The van der Waals surface area contributed by atoms with E-state index in [1.165, 1.54) is 51.4 Å². The summed E-state index contributed by atoms with van der Waals surface area (Å²) in [5.41, 5.74) is 1.60. The van der Waals surface area contributed by atoms with Crippen molar-refractivity contribution in [3.05, 3.63) is 0 Å². The van der Waals surface area contributed by atoms with Crippen LogP contribution in [0.2, 0.25) is 0 Å². The molecule has 1 amide bonds. The maximum atomic E-state index is 12.2. The molecule has 1 heterocycles. The van der Waals surface area contributed by atoms with Crippen LogP contribution in [0.3, 0.4) is 0 Å². The molecule has 34 heavy (non-hydrogen) atoms. The van der Waals surface area contributed by atoms with Crippen molar-refractivity contribution < 1.29 is 16.1 Å². The van der Waals surface area contributed by atoms with Crippen molar-refractivity contribution in [2.75, 3.05) is 6.54 Å². The molecule has 194 valence electrons. The molecule has 5 saturated carbocycles. The van der Waals surface area contributed by atoms with E-state index in [4.69, 9.17) is 4.74 Å². The van der Waals surface area contributed by atoms with Gasteiger partial charge in [0, 0.05) is 20.9 Å². The molecule has 0 radical (unpaired) electrons. The molecule has 6 aliphatic rings. The fourth-order valence-corrected chi connectivity index (χ4v) is 11.4. The van der Waals surface area contributed by atoms with Gasteiger partial charge in [0.25, 0.3) is 0 Å². The van der Waals surface area contributed by atoms with Gasteiger partial charge in [-0.3, -0.25) is 4.79 Å². The van der Waals surface area contributed by atoms with E-state index in [-0.39, 0.29) is 31.0 Å². The molecule has 1 N–H and O–H groups in total. The van der Waals surface area contributed by atoms with Crippen LogP contribution in [0.1, 0.15) is 107 Å². The van der Waals surface area contributed by atoms with E-state index in [2.05, 4.69) is 34.6 Å². The van der Waals surface area contributed by atoms with Crippen molar-refractivity contribution in [3.8, 4) is 0 Å². The topological polar surface area (TPSA) is 49.8 Å². The van der Waals surface area contributed by atoms with Gasteiger partial charge in [-0.05, 0) is 123 Å². The van der Waals surface area contributed by atoms with Crippen LogP contribution in [-0.4, -0.2) is 46.8 Å². The van der Waals surface area contributed by atoms with Gasteiger partial charge in [-0.15, -0.1) is 0 Å². The number of carbonyl (C=O) groups excluding carboxylic acids is 1. The first-order chi connectivity index (χ1) is 16.0. The van der Waals surface area contributed by atoms with Gasteiger partial charge in [-0.1, -0.05) is 20.8 Å². The van der Waals surface area contributed by atoms with Crippen LogP contribution in [0.4, 0.5) is 0 Å². The first kappa shape index (κ1) is 23.8. The molecule has 6 rings (SSSR count). The molecule has 4 nitrogen and oxygen atoms in total. The maximum Gasteiger partial charge on any atom is 0.219 e. The summed E-state index contributed by atoms with van der Waals surface area (Å²) in [7, 11) is 0. The summed E-state index contributed by atoms with van der Waals surface area (Å²) in [6, 6.07) is 0.238. The summed E-state index contributed by atoms with van der Waals surface area (Å²) in [6.45, 7) is 14.0. The number of hydrogen-bond acceptors (Lipinski definition) is 3. The molecule has 0 aromatic rings. The zero-order valence-electron chi connectivity index (χ0n) is 22.6. The largest absolute Gasteiger partial charge is 0.393 e. The minimum Gasteiger partial charge on any atom is -0.393 e. The summed E-state index contributed by atoms with van der Waals surface area (Å²) in [5.74, 6) is 3.26. The van der Waals surface area contributed by atoms with Crippen molar-refractivity contribution in [2.45, 2.75) is 130 Å². The number of fused-ring (bicyclic) bond motifs is 4. The van der Waals surface area contributed by atoms with Gasteiger partial charge < -0.3 is 14.7 Å². The van der Waals surface area contributed by atoms with Gasteiger partial charge in [0.05, 0.1) is 18.3 Å². The van der Waals surface area contributed by atoms with Crippen LogP contribution in [0.15, 0.2) is 0 Å². The van der Waals surface area contributed by atoms with E-state index in [0.29, 0.717) is 34.2 Å². The molecule has 0 aromatic heterocycles. The number of aliphatic hydroxyl groups excluding tert-OH is 1. The summed E-state index contributed by atoms with van der Waals surface area (Å²) >= 11 is 0. The molecule has 2 spiro atoms. The Bertz CT molecular complexity index is 861. The monoisotopic (exact) mass is 473 g/mol. The van der Waals surface area contributed by atoms with E-state index in [1.807, 2.05) is 4.90 Å². The molecule has 5 aliphatic carbocycles. The van der Waals surface area contributed by atoms with Crippen molar-refractivity contribution in [2.24, 2.45) is 45.3 Å². The van der Waals surface area contributed by atoms with Crippen molar-refractivity contribution in [3.63, 3.8) is 0 Å². The van der Waals surface area contributed by atoms with Crippen molar-refractivity contribution >= 4 is 5.91 Å². The predicted molar refractivity (Wildman–Crippen MR) is 136 cm³/mol. The van der Waals surface area contributed by atoms with E-state index >= 15 is 0 Å². The molecule has 10 atom stereocenters. The van der Waals surface area contributed by atoms with Crippen LogP contribution in [0.5, 0.6) is 0 Å². The smallest absolute Gasteiger partial charge is 0.219 e. The average molecular weight is 474 g/mol. The lowest BCUT2D eigenvalue weighted by Gasteiger charge is -2.59. The van der Waals surface area contributed by atoms with Gasteiger partial charge in [-0.25, -0.2) is 0 Å². The summed E-state index contributed by atoms with van der Waals surface area (Å²) in [6.07, 6.45) is 13.3. The maximum absolute atomic E-state index is 12.2. The molecule has 1 aliphatic heterocycles. The highest BCUT2D eigenvalue weighted by Crippen LogP contribution is 2.87. The van der Waals surface area contributed by atoms with Gasteiger partial charge in [0.15, 0.2) is 0 Å². The number of carbonyl (C=O) groups is 1. The van der Waals surface area contributed by atoms with Gasteiger partial charge in [-0.2, -0.15) is 0 Å². The lowest BCUT2D eigenvalue weighted by molar-refractivity contribution is -0.141. The minimum atomic E-state index is -0.119. The Balaban J connectivity index is 0.00000253. The Morgan fingerprint density at radius 1 is 1.00 bits per heavy atom.